The molecule has 0 amide bonds. The lowest BCUT2D eigenvalue weighted by Crippen LogP contribution is -2.32. The van der Waals surface area contributed by atoms with E-state index in [1.165, 1.54) is 0 Å². The first-order chi connectivity index (χ1) is 9.71. The number of hydrogen-bond donors (Lipinski definition) is 1. The van der Waals surface area contributed by atoms with E-state index in [-0.39, 0.29) is 0 Å². The molecule has 2 N–H and O–H groups in total. The number of rotatable bonds is 10. The zero-order chi connectivity index (χ0) is 14.8. The van der Waals surface area contributed by atoms with Crippen LogP contribution in [0.15, 0.2) is 6.07 Å². The molecule has 1 heterocycles. The Morgan fingerprint density at radius 1 is 1.05 bits per heavy atom. The van der Waals surface area contributed by atoms with Gasteiger partial charge in [-0.05, 0) is 13.8 Å². The molecule has 0 aromatic carbocycles. The smallest absolute Gasteiger partial charge is 0.134 e. The van der Waals surface area contributed by atoms with Crippen molar-refractivity contribution in [2.24, 2.45) is 0 Å². The fraction of sp³-hybridized carbons (Fsp3) is 0.714. The molecule has 1 aromatic rings. The molecule has 0 saturated heterocycles. The SMILES string of the molecule is CCOCCN(CCOCC)c1cc(N)nc(CC)n1. The maximum atomic E-state index is 5.84. The van der Waals surface area contributed by atoms with Crippen LogP contribution in [0.3, 0.4) is 0 Å². The number of nitrogen functional groups attached to an aromatic ring is 1. The molecule has 6 heteroatoms. The summed E-state index contributed by atoms with van der Waals surface area (Å²) in [6.45, 7) is 10.3. The summed E-state index contributed by atoms with van der Waals surface area (Å²) in [6.07, 6.45) is 0.767. The lowest BCUT2D eigenvalue weighted by Gasteiger charge is -2.24. The van der Waals surface area contributed by atoms with Crippen LogP contribution in [0.1, 0.15) is 26.6 Å². The first-order valence-electron chi connectivity index (χ1n) is 7.25. The van der Waals surface area contributed by atoms with Gasteiger partial charge in [-0.3, -0.25) is 0 Å². The van der Waals surface area contributed by atoms with Gasteiger partial charge in [0.1, 0.15) is 17.5 Å². The maximum Gasteiger partial charge on any atom is 0.134 e. The summed E-state index contributed by atoms with van der Waals surface area (Å²) < 4.78 is 10.8. The van der Waals surface area contributed by atoms with Gasteiger partial charge in [-0.1, -0.05) is 6.92 Å². The first-order valence-corrected chi connectivity index (χ1v) is 7.25. The highest BCUT2D eigenvalue weighted by atomic mass is 16.5. The van der Waals surface area contributed by atoms with E-state index in [1.54, 1.807) is 6.07 Å². The quantitative estimate of drug-likeness (QED) is 0.656. The number of aryl methyl sites for hydroxylation is 1. The number of anilines is 2. The fourth-order valence-corrected chi connectivity index (χ4v) is 1.80. The molecule has 0 spiro atoms. The standard InChI is InChI=1S/C14H26N4O2/c1-4-13-16-12(15)11-14(17-13)18(7-9-19-5-2)8-10-20-6-3/h11H,4-10H2,1-3H3,(H2,15,16,17). The van der Waals surface area contributed by atoms with E-state index in [1.807, 2.05) is 20.8 Å². The predicted octanol–water partition coefficient (Wildman–Crippen LogP) is 1.50. The number of nitrogens with zero attached hydrogens (tertiary/aromatic N) is 3. The van der Waals surface area contributed by atoms with Crippen molar-refractivity contribution >= 4 is 11.6 Å². The van der Waals surface area contributed by atoms with Crippen LogP contribution in [0.2, 0.25) is 0 Å². The zero-order valence-electron chi connectivity index (χ0n) is 12.8. The van der Waals surface area contributed by atoms with Crippen molar-refractivity contribution in [1.82, 2.24) is 9.97 Å². The summed E-state index contributed by atoms with van der Waals surface area (Å²) in [5.41, 5.74) is 5.84. The van der Waals surface area contributed by atoms with E-state index in [0.717, 1.165) is 31.2 Å². The van der Waals surface area contributed by atoms with Crippen LogP contribution in [0.5, 0.6) is 0 Å². The van der Waals surface area contributed by atoms with Gasteiger partial charge in [0.25, 0.3) is 0 Å². The zero-order valence-corrected chi connectivity index (χ0v) is 12.8. The first kappa shape index (κ1) is 16.7. The summed E-state index contributed by atoms with van der Waals surface area (Å²) >= 11 is 0. The topological polar surface area (TPSA) is 73.5 Å². The lowest BCUT2D eigenvalue weighted by atomic mass is 10.4. The summed E-state index contributed by atoms with van der Waals surface area (Å²) in [7, 11) is 0. The van der Waals surface area contributed by atoms with Gasteiger partial charge in [-0.2, -0.15) is 0 Å². The number of ether oxygens (including phenoxy) is 2. The molecule has 0 bridgehead atoms. The second kappa shape index (κ2) is 9.50. The van der Waals surface area contributed by atoms with Crippen molar-refractivity contribution in [2.75, 3.05) is 50.2 Å². The molecule has 6 nitrogen and oxygen atoms in total. The van der Waals surface area contributed by atoms with Crippen molar-refractivity contribution in [1.29, 1.82) is 0 Å². The Hall–Kier alpha value is -1.40. The minimum absolute atomic E-state index is 0.504. The van der Waals surface area contributed by atoms with Gasteiger partial charge in [-0.25, -0.2) is 9.97 Å². The van der Waals surface area contributed by atoms with E-state index in [0.29, 0.717) is 32.2 Å². The van der Waals surface area contributed by atoms with Gasteiger partial charge < -0.3 is 20.1 Å². The Morgan fingerprint density at radius 2 is 1.65 bits per heavy atom. The normalized spacial score (nSPS) is 10.8. The van der Waals surface area contributed by atoms with Gasteiger partial charge in [0.05, 0.1) is 13.2 Å². The van der Waals surface area contributed by atoms with Gasteiger partial charge in [-0.15, -0.1) is 0 Å². The van der Waals surface area contributed by atoms with Gasteiger partial charge in [0.15, 0.2) is 0 Å². The van der Waals surface area contributed by atoms with E-state index in [9.17, 15) is 0 Å². The largest absolute Gasteiger partial charge is 0.384 e. The molecule has 114 valence electrons. The molecular weight excluding hydrogens is 256 g/mol. The highest BCUT2D eigenvalue weighted by Crippen LogP contribution is 2.14. The van der Waals surface area contributed by atoms with Gasteiger partial charge in [0, 0.05) is 38.8 Å². The Labute approximate surface area is 121 Å². The van der Waals surface area contributed by atoms with Crippen LogP contribution in [0, 0.1) is 0 Å². The van der Waals surface area contributed by atoms with Crippen molar-refractivity contribution in [3.05, 3.63) is 11.9 Å². The minimum atomic E-state index is 0.504. The number of aromatic nitrogens is 2. The highest BCUT2D eigenvalue weighted by Gasteiger charge is 2.10. The predicted molar refractivity (Wildman–Crippen MR) is 81.0 cm³/mol. The minimum Gasteiger partial charge on any atom is -0.384 e. The summed E-state index contributed by atoms with van der Waals surface area (Å²) in [5, 5.41) is 0. The fourth-order valence-electron chi connectivity index (χ4n) is 1.80. The van der Waals surface area contributed by atoms with E-state index >= 15 is 0 Å². The molecular formula is C14H26N4O2. The third kappa shape index (κ3) is 5.71. The summed E-state index contributed by atoms with van der Waals surface area (Å²) in [6, 6.07) is 1.80. The third-order valence-corrected chi connectivity index (χ3v) is 2.84. The monoisotopic (exact) mass is 282 g/mol. The molecule has 1 rings (SSSR count). The van der Waals surface area contributed by atoms with Gasteiger partial charge in [0.2, 0.25) is 0 Å². The van der Waals surface area contributed by atoms with Crippen LogP contribution in [-0.4, -0.2) is 49.5 Å². The molecule has 0 saturated carbocycles. The van der Waals surface area contributed by atoms with Crippen LogP contribution in [0.25, 0.3) is 0 Å². The molecule has 0 unspecified atom stereocenters. The molecule has 0 radical (unpaired) electrons. The number of nitrogens with two attached hydrogens (primary N) is 1. The molecule has 0 aliphatic rings. The lowest BCUT2D eigenvalue weighted by molar-refractivity contribution is 0.141. The molecule has 0 fully saturated rings. The molecule has 0 atom stereocenters. The number of hydrogen-bond acceptors (Lipinski definition) is 6. The molecule has 0 aliphatic carbocycles. The Morgan fingerprint density at radius 3 is 2.15 bits per heavy atom. The average molecular weight is 282 g/mol. The van der Waals surface area contributed by atoms with E-state index < -0.39 is 0 Å². The van der Waals surface area contributed by atoms with Crippen LogP contribution >= 0.6 is 0 Å². The second-order valence-electron chi connectivity index (χ2n) is 4.30. The summed E-state index contributed by atoms with van der Waals surface area (Å²) in [4.78, 5) is 10.9. The van der Waals surface area contributed by atoms with Crippen molar-refractivity contribution < 1.29 is 9.47 Å². The van der Waals surface area contributed by atoms with Crippen LogP contribution in [0.4, 0.5) is 11.6 Å². The summed E-state index contributed by atoms with van der Waals surface area (Å²) in [5.74, 6) is 2.11. The Balaban J connectivity index is 2.75. The van der Waals surface area contributed by atoms with Crippen molar-refractivity contribution in [3.63, 3.8) is 0 Å². The molecule has 20 heavy (non-hydrogen) atoms. The molecule has 1 aromatic heterocycles. The van der Waals surface area contributed by atoms with Gasteiger partial charge >= 0.3 is 0 Å². The Bertz CT molecular complexity index is 377. The van der Waals surface area contributed by atoms with Crippen LogP contribution in [-0.2, 0) is 15.9 Å². The second-order valence-corrected chi connectivity index (χ2v) is 4.30. The molecule has 0 aliphatic heterocycles. The van der Waals surface area contributed by atoms with Crippen LogP contribution < -0.4 is 10.6 Å². The maximum absolute atomic E-state index is 5.84. The highest BCUT2D eigenvalue weighted by molar-refractivity contribution is 5.47. The van der Waals surface area contributed by atoms with E-state index in [2.05, 4.69) is 14.9 Å². The third-order valence-electron chi connectivity index (χ3n) is 2.84. The van der Waals surface area contributed by atoms with E-state index in [4.69, 9.17) is 15.2 Å². The van der Waals surface area contributed by atoms with Crippen molar-refractivity contribution in [3.8, 4) is 0 Å². The Kier molecular flexibility index (Phi) is 7.91. The van der Waals surface area contributed by atoms with Crippen molar-refractivity contribution in [2.45, 2.75) is 27.2 Å². The average Bonchev–Trinajstić information content (AvgIpc) is 2.45.